The lowest BCUT2D eigenvalue weighted by Gasteiger charge is -2.36. The van der Waals surface area contributed by atoms with Gasteiger partial charge in [-0.25, -0.2) is 0 Å². The summed E-state index contributed by atoms with van der Waals surface area (Å²) in [7, 11) is 0. The van der Waals surface area contributed by atoms with Gasteiger partial charge in [-0.3, -0.25) is 4.79 Å². The number of ether oxygens (including phenoxy) is 1. The number of amides is 1. The van der Waals surface area contributed by atoms with Crippen molar-refractivity contribution in [2.75, 3.05) is 36.5 Å². The molecule has 28 heavy (non-hydrogen) atoms. The molecule has 4 nitrogen and oxygen atoms in total. The SMILES string of the molecule is O=C(Nc1ccc(N2CCCCC2)cc1)C1(c2ccc(Br)cc2)CCOCC1. The summed E-state index contributed by atoms with van der Waals surface area (Å²) in [6.07, 6.45) is 5.25. The molecule has 2 fully saturated rings. The molecule has 0 radical (unpaired) electrons. The molecule has 0 saturated carbocycles. The maximum absolute atomic E-state index is 13.4. The largest absolute Gasteiger partial charge is 0.381 e. The van der Waals surface area contributed by atoms with Crippen LogP contribution in [-0.4, -0.2) is 32.2 Å². The van der Waals surface area contributed by atoms with Gasteiger partial charge in [0.1, 0.15) is 0 Å². The second-order valence-electron chi connectivity index (χ2n) is 7.75. The minimum atomic E-state index is -0.537. The third-order valence-corrected chi connectivity index (χ3v) is 6.55. The van der Waals surface area contributed by atoms with Crippen LogP contribution in [0.3, 0.4) is 0 Å². The van der Waals surface area contributed by atoms with Crippen molar-refractivity contribution in [2.24, 2.45) is 0 Å². The highest BCUT2D eigenvalue weighted by Gasteiger charge is 2.41. The second-order valence-corrected chi connectivity index (χ2v) is 8.67. The third kappa shape index (κ3) is 4.11. The van der Waals surface area contributed by atoms with Crippen LogP contribution in [0.1, 0.15) is 37.7 Å². The first-order valence-corrected chi connectivity index (χ1v) is 11.0. The van der Waals surface area contributed by atoms with E-state index in [0.29, 0.717) is 26.1 Å². The Bertz CT molecular complexity index is 792. The number of nitrogens with one attached hydrogen (secondary N) is 1. The first-order chi connectivity index (χ1) is 13.7. The molecule has 2 aliphatic rings. The molecule has 2 aliphatic heterocycles. The Labute approximate surface area is 175 Å². The summed E-state index contributed by atoms with van der Waals surface area (Å²) in [5.74, 6) is 0.0591. The molecule has 148 valence electrons. The van der Waals surface area contributed by atoms with Gasteiger partial charge in [0.25, 0.3) is 0 Å². The molecular weight excluding hydrogens is 416 g/mol. The summed E-state index contributed by atoms with van der Waals surface area (Å²) in [5, 5.41) is 3.17. The Balaban J connectivity index is 1.52. The fourth-order valence-corrected chi connectivity index (χ4v) is 4.56. The predicted molar refractivity (Wildman–Crippen MR) is 117 cm³/mol. The van der Waals surface area contributed by atoms with Gasteiger partial charge in [0.15, 0.2) is 0 Å². The molecule has 2 saturated heterocycles. The number of halogens is 1. The number of hydrogen-bond acceptors (Lipinski definition) is 3. The second kappa shape index (κ2) is 8.66. The smallest absolute Gasteiger partial charge is 0.235 e. The number of hydrogen-bond donors (Lipinski definition) is 1. The van der Waals surface area contributed by atoms with Crippen molar-refractivity contribution in [1.29, 1.82) is 0 Å². The van der Waals surface area contributed by atoms with E-state index < -0.39 is 5.41 Å². The van der Waals surface area contributed by atoms with Crippen LogP contribution in [0.2, 0.25) is 0 Å². The van der Waals surface area contributed by atoms with E-state index in [1.165, 1.54) is 24.9 Å². The first-order valence-electron chi connectivity index (χ1n) is 10.2. The van der Waals surface area contributed by atoms with Crippen molar-refractivity contribution in [2.45, 2.75) is 37.5 Å². The van der Waals surface area contributed by atoms with E-state index >= 15 is 0 Å². The molecule has 0 bridgehead atoms. The van der Waals surface area contributed by atoms with Gasteiger partial charge >= 0.3 is 0 Å². The van der Waals surface area contributed by atoms with Crippen LogP contribution in [0.5, 0.6) is 0 Å². The van der Waals surface area contributed by atoms with Crippen molar-refractivity contribution in [3.8, 4) is 0 Å². The summed E-state index contributed by atoms with van der Waals surface area (Å²) in [4.78, 5) is 15.8. The fourth-order valence-electron chi connectivity index (χ4n) is 4.29. The van der Waals surface area contributed by atoms with E-state index in [0.717, 1.165) is 28.8 Å². The first kappa shape index (κ1) is 19.5. The van der Waals surface area contributed by atoms with Crippen molar-refractivity contribution < 1.29 is 9.53 Å². The van der Waals surface area contributed by atoms with Crippen molar-refractivity contribution in [1.82, 2.24) is 0 Å². The zero-order valence-electron chi connectivity index (χ0n) is 16.1. The summed E-state index contributed by atoms with van der Waals surface area (Å²) >= 11 is 3.49. The van der Waals surface area contributed by atoms with Gasteiger partial charge in [0, 0.05) is 42.2 Å². The van der Waals surface area contributed by atoms with Crippen LogP contribution in [0, 0.1) is 0 Å². The molecule has 2 aromatic carbocycles. The maximum atomic E-state index is 13.4. The van der Waals surface area contributed by atoms with Crippen molar-refractivity contribution >= 4 is 33.2 Å². The normalized spacial score (nSPS) is 19.2. The summed E-state index contributed by atoms with van der Waals surface area (Å²) in [6, 6.07) is 16.4. The number of anilines is 2. The molecule has 0 unspecified atom stereocenters. The Morgan fingerprint density at radius 3 is 2.21 bits per heavy atom. The maximum Gasteiger partial charge on any atom is 0.235 e. The van der Waals surface area contributed by atoms with Crippen LogP contribution in [0.25, 0.3) is 0 Å². The lowest BCUT2D eigenvalue weighted by Crippen LogP contribution is -2.44. The van der Waals surface area contributed by atoms with Gasteiger partial charge in [-0.05, 0) is 74.1 Å². The molecule has 5 heteroatoms. The molecule has 0 spiro atoms. The molecule has 0 aliphatic carbocycles. The van der Waals surface area contributed by atoms with E-state index in [1.54, 1.807) is 0 Å². The molecule has 1 N–H and O–H groups in total. The van der Waals surface area contributed by atoms with E-state index in [4.69, 9.17) is 4.74 Å². The minimum absolute atomic E-state index is 0.0591. The highest BCUT2D eigenvalue weighted by molar-refractivity contribution is 9.10. The Morgan fingerprint density at radius 1 is 0.929 bits per heavy atom. The zero-order chi connectivity index (χ0) is 19.4. The number of benzene rings is 2. The van der Waals surface area contributed by atoms with Crippen LogP contribution in [0.15, 0.2) is 53.0 Å². The minimum Gasteiger partial charge on any atom is -0.381 e. The van der Waals surface area contributed by atoms with E-state index in [1.807, 2.05) is 24.3 Å². The van der Waals surface area contributed by atoms with Gasteiger partial charge in [0.05, 0.1) is 5.41 Å². The van der Waals surface area contributed by atoms with Crippen molar-refractivity contribution in [3.63, 3.8) is 0 Å². The van der Waals surface area contributed by atoms with Gasteiger partial charge < -0.3 is 15.0 Å². The van der Waals surface area contributed by atoms with Gasteiger partial charge in [0.2, 0.25) is 5.91 Å². The van der Waals surface area contributed by atoms with E-state index in [-0.39, 0.29) is 5.91 Å². The average molecular weight is 443 g/mol. The number of nitrogens with zero attached hydrogens (tertiary/aromatic N) is 1. The monoisotopic (exact) mass is 442 g/mol. The molecular formula is C23H27BrN2O2. The Hall–Kier alpha value is -1.85. The van der Waals surface area contributed by atoms with Crippen LogP contribution < -0.4 is 10.2 Å². The van der Waals surface area contributed by atoms with Gasteiger partial charge in [-0.15, -0.1) is 0 Å². The number of rotatable bonds is 4. The van der Waals surface area contributed by atoms with Crippen LogP contribution in [-0.2, 0) is 14.9 Å². The predicted octanol–water partition coefficient (Wildman–Crippen LogP) is 5.13. The number of carbonyl (C=O) groups is 1. The average Bonchev–Trinajstić information content (AvgIpc) is 2.76. The quantitative estimate of drug-likeness (QED) is 0.713. The van der Waals surface area contributed by atoms with E-state index in [9.17, 15) is 4.79 Å². The highest BCUT2D eigenvalue weighted by atomic mass is 79.9. The van der Waals surface area contributed by atoms with Crippen LogP contribution >= 0.6 is 15.9 Å². The molecule has 2 heterocycles. The molecule has 1 amide bonds. The Morgan fingerprint density at radius 2 is 1.57 bits per heavy atom. The molecule has 0 atom stereocenters. The Kier molecular flexibility index (Phi) is 6.02. The van der Waals surface area contributed by atoms with Gasteiger partial charge in [-0.1, -0.05) is 28.1 Å². The van der Waals surface area contributed by atoms with Gasteiger partial charge in [-0.2, -0.15) is 0 Å². The molecule has 2 aromatic rings. The number of carbonyl (C=O) groups excluding carboxylic acids is 1. The fraction of sp³-hybridized carbons (Fsp3) is 0.435. The molecule has 0 aromatic heterocycles. The lowest BCUT2D eigenvalue weighted by molar-refractivity contribution is -0.125. The summed E-state index contributed by atoms with van der Waals surface area (Å²) < 4.78 is 6.58. The molecule has 4 rings (SSSR count). The lowest BCUT2D eigenvalue weighted by atomic mass is 9.73. The topological polar surface area (TPSA) is 41.6 Å². The number of piperidine rings is 1. The van der Waals surface area contributed by atoms with E-state index in [2.05, 4.69) is 50.4 Å². The summed E-state index contributed by atoms with van der Waals surface area (Å²) in [6.45, 7) is 3.46. The summed E-state index contributed by atoms with van der Waals surface area (Å²) in [5.41, 5.74) is 2.62. The van der Waals surface area contributed by atoms with Crippen molar-refractivity contribution in [3.05, 3.63) is 58.6 Å². The third-order valence-electron chi connectivity index (χ3n) is 6.02. The highest BCUT2D eigenvalue weighted by Crippen LogP contribution is 2.37. The van der Waals surface area contributed by atoms with Crippen LogP contribution in [0.4, 0.5) is 11.4 Å². The standard InChI is InChI=1S/C23H27BrN2O2/c24-19-6-4-18(5-7-19)23(12-16-28-17-13-23)22(27)25-20-8-10-21(11-9-20)26-14-2-1-3-15-26/h4-11H,1-3,12-17H2,(H,25,27). The zero-order valence-corrected chi connectivity index (χ0v) is 17.7.